The molecular formula is C30H30N6O2S. The van der Waals surface area contributed by atoms with Crippen LogP contribution in [0.4, 0.5) is 5.95 Å². The number of hydrogen-bond acceptors (Lipinski definition) is 8. The van der Waals surface area contributed by atoms with Crippen molar-refractivity contribution < 1.29 is 9.53 Å². The van der Waals surface area contributed by atoms with Crippen molar-refractivity contribution in [1.29, 1.82) is 5.26 Å². The predicted molar refractivity (Wildman–Crippen MR) is 155 cm³/mol. The quantitative estimate of drug-likeness (QED) is 0.272. The average molecular weight is 539 g/mol. The number of thiophene rings is 1. The Hall–Kier alpha value is -4.26. The van der Waals surface area contributed by atoms with Crippen LogP contribution in [0.3, 0.4) is 0 Å². The number of anilines is 1. The normalized spacial score (nSPS) is 14.5. The van der Waals surface area contributed by atoms with Crippen molar-refractivity contribution in [2.24, 2.45) is 5.73 Å². The van der Waals surface area contributed by atoms with Gasteiger partial charge in [0.05, 0.1) is 11.6 Å². The second kappa shape index (κ2) is 11.6. The van der Waals surface area contributed by atoms with E-state index in [1.54, 1.807) is 29.5 Å². The number of carbonyl (C=O) groups is 1. The monoisotopic (exact) mass is 538 g/mol. The molecular weight excluding hydrogens is 508 g/mol. The fourth-order valence-corrected chi connectivity index (χ4v) is 5.65. The molecule has 0 saturated carbocycles. The van der Waals surface area contributed by atoms with Crippen molar-refractivity contribution in [3.8, 4) is 17.7 Å². The molecule has 1 saturated heterocycles. The maximum atomic E-state index is 11.3. The van der Waals surface area contributed by atoms with Crippen molar-refractivity contribution in [3.05, 3.63) is 81.7 Å². The summed E-state index contributed by atoms with van der Waals surface area (Å²) in [6.45, 7) is 6.73. The van der Waals surface area contributed by atoms with Gasteiger partial charge >= 0.3 is 0 Å². The first-order valence-electron chi connectivity index (χ1n) is 12.9. The topological polar surface area (TPSA) is 117 Å². The Morgan fingerprint density at radius 3 is 2.56 bits per heavy atom. The van der Waals surface area contributed by atoms with Gasteiger partial charge in [-0.25, -0.2) is 4.98 Å². The Kier molecular flexibility index (Phi) is 7.87. The van der Waals surface area contributed by atoms with Gasteiger partial charge in [0.15, 0.2) is 0 Å². The highest BCUT2D eigenvalue weighted by Gasteiger charge is 2.21. The van der Waals surface area contributed by atoms with E-state index in [0.29, 0.717) is 17.4 Å². The van der Waals surface area contributed by atoms with Crippen LogP contribution in [-0.4, -0.2) is 39.9 Å². The van der Waals surface area contributed by atoms with Crippen LogP contribution in [0.25, 0.3) is 16.3 Å². The fraction of sp³-hybridized carbons (Fsp3) is 0.267. The first-order chi connectivity index (χ1) is 18.9. The number of nitriles is 1. The number of nitrogens with one attached hydrogen (secondary N) is 1. The number of piperidine rings is 1. The van der Waals surface area contributed by atoms with Crippen LogP contribution in [0, 0.1) is 25.2 Å². The molecule has 0 aliphatic carbocycles. The Labute approximate surface area is 231 Å². The number of primary amides is 1. The van der Waals surface area contributed by atoms with Gasteiger partial charge in [0.25, 0.3) is 0 Å². The number of benzene rings is 2. The average Bonchev–Trinajstić information content (AvgIpc) is 3.40. The minimum atomic E-state index is -0.405. The van der Waals surface area contributed by atoms with Gasteiger partial charge in [-0.1, -0.05) is 12.1 Å². The minimum absolute atomic E-state index is 0.261. The van der Waals surface area contributed by atoms with Gasteiger partial charge in [-0.05, 0) is 90.7 Å². The van der Waals surface area contributed by atoms with Crippen LogP contribution in [0.1, 0.15) is 45.5 Å². The van der Waals surface area contributed by atoms with Crippen LogP contribution < -0.4 is 15.8 Å². The third-order valence-corrected chi connectivity index (χ3v) is 7.76. The molecule has 0 spiro atoms. The van der Waals surface area contributed by atoms with Gasteiger partial charge in [-0.15, -0.1) is 11.3 Å². The summed E-state index contributed by atoms with van der Waals surface area (Å²) in [5.74, 6) is 1.47. The summed E-state index contributed by atoms with van der Waals surface area (Å²) in [7, 11) is 0. The van der Waals surface area contributed by atoms with Crippen LogP contribution in [-0.2, 0) is 6.54 Å². The molecule has 5 rings (SSSR count). The molecule has 9 heteroatoms. The van der Waals surface area contributed by atoms with Crippen molar-refractivity contribution in [2.45, 2.75) is 39.3 Å². The Morgan fingerprint density at radius 1 is 1.18 bits per heavy atom. The zero-order valence-corrected chi connectivity index (χ0v) is 22.8. The zero-order chi connectivity index (χ0) is 27.4. The maximum absolute atomic E-state index is 11.3. The lowest BCUT2D eigenvalue weighted by Gasteiger charge is -2.32. The van der Waals surface area contributed by atoms with Crippen LogP contribution in [0.5, 0.6) is 11.6 Å². The number of allylic oxidation sites excluding steroid dienone is 1. The summed E-state index contributed by atoms with van der Waals surface area (Å²) >= 11 is 1.56. The van der Waals surface area contributed by atoms with E-state index < -0.39 is 5.91 Å². The van der Waals surface area contributed by atoms with Crippen molar-refractivity contribution in [1.82, 2.24) is 14.9 Å². The number of hydrogen-bond donors (Lipinski definition) is 2. The standard InChI is InChI=1S/C30H30N6O2S/c1-19-16-22(4-3-12-31)17-20(2)26(19)38-29-27-25(11-15-39-27)34-30(35-29)33-24-9-13-36(14-10-24)18-21-5-7-23(8-6-21)28(32)37/h3-8,11,15-17,24H,9-10,13-14,18H2,1-2H3,(H2,32,37)(H,33,34,35)/b4-3+. The minimum Gasteiger partial charge on any atom is -0.437 e. The summed E-state index contributed by atoms with van der Waals surface area (Å²) in [5, 5.41) is 14.4. The first kappa shape index (κ1) is 26.4. The lowest BCUT2D eigenvalue weighted by molar-refractivity contribution is 0.1000. The number of aryl methyl sites for hydroxylation is 2. The Bertz CT molecular complexity index is 1540. The predicted octanol–water partition coefficient (Wildman–Crippen LogP) is 5.81. The lowest BCUT2D eigenvalue weighted by atomic mass is 10.0. The van der Waals surface area contributed by atoms with E-state index in [-0.39, 0.29) is 6.04 Å². The highest BCUT2D eigenvalue weighted by atomic mass is 32.1. The second-order valence-electron chi connectivity index (χ2n) is 9.79. The highest BCUT2D eigenvalue weighted by molar-refractivity contribution is 7.17. The third-order valence-electron chi connectivity index (χ3n) is 6.87. The van der Waals surface area contributed by atoms with Gasteiger partial charge in [-0.3, -0.25) is 9.69 Å². The van der Waals surface area contributed by atoms with Crippen LogP contribution in [0.2, 0.25) is 0 Å². The molecule has 8 nitrogen and oxygen atoms in total. The largest absolute Gasteiger partial charge is 0.437 e. The number of aromatic nitrogens is 2. The molecule has 1 aliphatic rings. The van der Waals surface area contributed by atoms with E-state index in [0.717, 1.165) is 65.1 Å². The number of rotatable bonds is 8. The molecule has 39 heavy (non-hydrogen) atoms. The van der Waals surface area contributed by atoms with E-state index >= 15 is 0 Å². The summed E-state index contributed by atoms with van der Waals surface area (Å²) < 4.78 is 7.31. The smallest absolute Gasteiger partial charge is 0.248 e. The van der Waals surface area contributed by atoms with Crippen LogP contribution >= 0.6 is 11.3 Å². The molecule has 0 unspecified atom stereocenters. The Balaban J connectivity index is 1.26. The number of nitrogens with zero attached hydrogens (tertiary/aromatic N) is 4. The molecule has 198 valence electrons. The molecule has 3 N–H and O–H groups in total. The van der Waals surface area contributed by atoms with Gasteiger partial charge < -0.3 is 15.8 Å². The third kappa shape index (κ3) is 6.25. The van der Waals surface area contributed by atoms with E-state index in [9.17, 15) is 4.79 Å². The van der Waals surface area contributed by atoms with Crippen molar-refractivity contribution in [3.63, 3.8) is 0 Å². The molecule has 0 atom stereocenters. The van der Waals surface area contributed by atoms with Gasteiger partial charge in [0, 0.05) is 37.3 Å². The number of likely N-dealkylation sites (tertiary alicyclic amines) is 1. The molecule has 3 heterocycles. The van der Waals surface area contributed by atoms with Crippen LogP contribution in [0.15, 0.2) is 53.9 Å². The van der Waals surface area contributed by atoms with E-state index in [2.05, 4.69) is 10.2 Å². The summed E-state index contributed by atoms with van der Waals surface area (Å²) in [6, 6.07) is 15.8. The summed E-state index contributed by atoms with van der Waals surface area (Å²) in [6.07, 6.45) is 5.20. The molecule has 2 aromatic carbocycles. The van der Waals surface area contributed by atoms with Gasteiger partial charge in [0.2, 0.25) is 17.7 Å². The summed E-state index contributed by atoms with van der Waals surface area (Å²) in [4.78, 5) is 23.3. The highest BCUT2D eigenvalue weighted by Crippen LogP contribution is 2.36. The molecule has 4 aromatic rings. The number of nitrogens with two attached hydrogens (primary N) is 1. The van der Waals surface area contributed by atoms with Gasteiger partial charge in [-0.2, -0.15) is 10.2 Å². The number of amides is 1. The van der Waals surface area contributed by atoms with E-state index in [4.69, 9.17) is 25.7 Å². The molecule has 0 radical (unpaired) electrons. The SMILES string of the molecule is Cc1cc(/C=C/C#N)cc(C)c1Oc1nc(NC2CCN(Cc3ccc(C(N)=O)cc3)CC2)nc2ccsc12. The zero-order valence-electron chi connectivity index (χ0n) is 22.0. The fourth-order valence-electron chi connectivity index (χ4n) is 4.89. The Morgan fingerprint density at radius 2 is 1.90 bits per heavy atom. The van der Waals surface area contributed by atoms with E-state index in [1.807, 2.05) is 55.6 Å². The lowest BCUT2D eigenvalue weighted by Crippen LogP contribution is -2.39. The van der Waals surface area contributed by atoms with Crippen molar-refractivity contribution >= 4 is 39.5 Å². The number of ether oxygens (including phenoxy) is 1. The second-order valence-corrected chi connectivity index (χ2v) is 10.7. The number of carbonyl (C=O) groups excluding carboxylic acids is 1. The molecule has 2 aromatic heterocycles. The molecule has 1 aliphatic heterocycles. The maximum Gasteiger partial charge on any atom is 0.248 e. The first-order valence-corrected chi connectivity index (χ1v) is 13.8. The molecule has 1 fully saturated rings. The molecule has 1 amide bonds. The van der Waals surface area contributed by atoms with Crippen molar-refractivity contribution in [2.75, 3.05) is 18.4 Å². The van der Waals surface area contributed by atoms with E-state index in [1.165, 1.54) is 11.6 Å². The van der Waals surface area contributed by atoms with Gasteiger partial charge in [0.1, 0.15) is 10.4 Å². The number of fused-ring (bicyclic) bond motifs is 1. The molecule has 0 bridgehead atoms. The summed E-state index contributed by atoms with van der Waals surface area (Å²) in [5.41, 5.74) is 10.8.